The Bertz CT molecular complexity index is 556. The van der Waals surface area contributed by atoms with Gasteiger partial charge in [-0.1, -0.05) is 11.6 Å². The van der Waals surface area contributed by atoms with Crippen molar-refractivity contribution in [3.8, 4) is 0 Å². The molecule has 0 aliphatic heterocycles. The number of hydrogen-bond donors (Lipinski definition) is 1. The Morgan fingerprint density at radius 1 is 1.50 bits per heavy atom. The molecular formula is C11H12ClFO4S. The van der Waals surface area contributed by atoms with Gasteiger partial charge in [-0.25, -0.2) is 12.8 Å². The quantitative estimate of drug-likeness (QED) is 0.904. The summed E-state index contributed by atoms with van der Waals surface area (Å²) in [7, 11) is -3.73. The zero-order valence-corrected chi connectivity index (χ0v) is 11.1. The van der Waals surface area contributed by atoms with Crippen LogP contribution in [0.4, 0.5) is 4.39 Å². The minimum Gasteiger partial charge on any atom is -0.481 e. The van der Waals surface area contributed by atoms with Gasteiger partial charge in [-0.15, -0.1) is 0 Å². The molecule has 1 N–H and O–H groups in total. The third-order valence-electron chi connectivity index (χ3n) is 2.44. The van der Waals surface area contributed by atoms with Gasteiger partial charge in [0.2, 0.25) is 0 Å². The number of aliphatic carboxylic acids is 1. The average Bonchev–Trinajstić information content (AvgIpc) is 2.22. The molecule has 0 aliphatic rings. The van der Waals surface area contributed by atoms with E-state index in [9.17, 15) is 17.6 Å². The highest BCUT2D eigenvalue weighted by Crippen LogP contribution is 2.20. The zero-order valence-electron chi connectivity index (χ0n) is 9.56. The van der Waals surface area contributed by atoms with Gasteiger partial charge in [-0.05, 0) is 25.1 Å². The first kappa shape index (κ1) is 14.9. The van der Waals surface area contributed by atoms with Crippen LogP contribution in [0, 0.1) is 5.82 Å². The Kier molecular flexibility index (Phi) is 4.70. The Labute approximate surface area is 109 Å². The topological polar surface area (TPSA) is 71.4 Å². The van der Waals surface area contributed by atoms with E-state index < -0.39 is 39.0 Å². The Morgan fingerprint density at radius 2 is 2.11 bits per heavy atom. The van der Waals surface area contributed by atoms with Gasteiger partial charge >= 0.3 is 5.97 Å². The number of carbonyl (C=O) groups is 1. The Balaban J connectivity index is 2.95. The number of rotatable bonds is 5. The van der Waals surface area contributed by atoms with Gasteiger partial charge in [0.15, 0.2) is 9.84 Å². The summed E-state index contributed by atoms with van der Waals surface area (Å²) >= 11 is 5.65. The van der Waals surface area contributed by atoms with Crippen LogP contribution in [0.2, 0.25) is 5.02 Å². The number of sulfone groups is 1. The Hall–Kier alpha value is -1.14. The summed E-state index contributed by atoms with van der Waals surface area (Å²) in [4.78, 5) is 10.5. The van der Waals surface area contributed by atoms with Gasteiger partial charge in [-0.3, -0.25) is 4.79 Å². The van der Waals surface area contributed by atoms with Crippen molar-refractivity contribution in [2.75, 3.05) is 0 Å². The van der Waals surface area contributed by atoms with Crippen molar-refractivity contribution in [1.82, 2.24) is 0 Å². The maximum Gasteiger partial charge on any atom is 0.304 e. The first-order valence-electron chi connectivity index (χ1n) is 5.09. The molecule has 1 atom stereocenters. The monoisotopic (exact) mass is 294 g/mol. The average molecular weight is 295 g/mol. The maximum absolute atomic E-state index is 13.4. The van der Waals surface area contributed by atoms with Crippen LogP contribution in [0.1, 0.15) is 18.9 Å². The van der Waals surface area contributed by atoms with Crippen LogP contribution in [0.25, 0.3) is 0 Å². The molecular weight excluding hydrogens is 283 g/mol. The molecule has 0 saturated carbocycles. The van der Waals surface area contributed by atoms with E-state index >= 15 is 0 Å². The van der Waals surface area contributed by atoms with E-state index in [2.05, 4.69) is 0 Å². The van der Waals surface area contributed by atoms with E-state index in [1.807, 2.05) is 0 Å². The van der Waals surface area contributed by atoms with Crippen molar-refractivity contribution in [1.29, 1.82) is 0 Å². The lowest BCUT2D eigenvalue weighted by Crippen LogP contribution is -2.23. The van der Waals surface area contributed by atoms with Crippen LogP contribution in [0.5, 0.6) is 0 Å². The largest absolute Gasteiger partial charge is 0.481 e. The molecule has 0 aromatic heterocycles. The van der Waals surface area contributed by atoms with Gasteiger partial charge in [0.25, 0.3) is 0 Å². The second-order valence-electron chi connectivity index (χ2n) is 3.95. The second kappa shape index (κ2) is 5.67. The highest BCUT2D eigenvalue weighted by atomic mass is 35.5. The fraction of sp³-hybridized carbons (Fsp3) is 0.364. The van der Waals surface area contributed by atoms with Crippen LogP contribution in [0.3, 0.4) is 0 Å². The van der Waals surface area contributed by atoms with E-state index in [0.29, 0.717) is 0 Å². The van der Waals surface area contributed by atoms with Gasteiger partial charge in [0.1, 0.15) is 5.82 Å². The first-order chi connectivity index (χ1) is 8.22. The Morgan fingerprint density at radius 3 is 2.67 bits per heavy atom. The fourth-order valence-electron chi connectivity index (χ4n) is 1.39. The molecule has 1 aromatic rings. The number of halogens is 2. The molecule has 1 aromatic carbocycles. The molecule has 18 heavy (non-hydrogen) atoms. The lowest BCUT2D eigenvalue weighted by atomic mass is 10.2. The summed E-state index contributed by atoms with van der Waals surface area (Å²) in [6.45, 7) is 1.28. The van der Waals surface area contributed by atoms with Crippen molar-refractivity contribution in [2.24, 2.45) is 0 Å². The van der Waals surface area contributed by atoms with Gasteiger partial charge in [0, 0.05) is 10.6 Å². The molecule has 0 saturated heterocycles. The van der Waals surface area contributed by atoms with E-state index in [1.165, 1.54) is 19.1 Å². The van der Waals surface area contributed by atoms with Crippen molar-refractivity contribution in [2.45, 2.75) is 24.3 Å². The molecule has 1 unspecified atom stereocenters. The van der Waals surface area contributed by atoms with Crippen LogP contribution in [-0.4, -0.2) is 24.7 Å². The minimum atomic E-state index is -3.73. The molecule has 0 fully saturated rings. The lowest BCUT2D eigenvalue weighted by Gasteiger charge is -2.11. The lowest BCUT2D eigenvalue weighted by molar-refractivity contribution is -0.136. The van der Waals surface area contributed by atoms with Crippen LogP contribution in [-0.2, 0) is 20.4 Å². The molecule has 0 spiro atoms. The predicted molar refractivity (Wildman–Crippen MR) is 65.7 cm³/mol. The molecule has 1 rings (SSSR count). The second-order valence-corrected chi connectivity index (χ2v) is 6.81. The SMILES string of the molecule is CC(CC(=O)O)S(=O)(=O)Cc1cc(Cl)ccc1F. The third-order valence-corrected chi connectivity index (χ3v) is 4.78. The minimum absolute atomic E-state index is 0.0558. The van der Waals surface area contributed by atoms with Gasteiger partial charge < -0.3 is 5.11 Å². The molecule has 0 bridgehead atoms. The normalized spacial score (nSPS) is 13.3. The number of carboxylic acid groups (broad SMARTS) is 1. The van der Waals surface area contributed by atoms with Gasteiger partial charge in [0.05, 0.1) is 17.4 Å². The molecule has 0 amide bonds. The smallest absolute Gasteiger partial charge is 0.304 e. The highest BCUT2D eigenvalue weighted by Gasteiger charge is 2.25. The van der Waals surface area contributed by atoms with Crippen molar-refractivity contribution >= 4 is 27.4 Å². The van der Waals surface area contributed by atoms with Crippen molar-refractivity contribution < 1.29 is 22.7 Å². The number of hydrogen-bond acceptors (Lipinski definition) is 3. The summed E-state index contributed by atoms with van der Waals surface area (Å²) < 4.78 is 37.0. The summed E-state index contributed by atoms with van der Waals surface area (Å²) in [6.07, 6.45) is -0.509. The molecule has 0 radical (unpaired) electrons. The highest BCUT2D eigenvalue weighted by molar-refractivity contribution is 7.91. The van der Waals surface area contributed by atoms with E-state index in [1.54, 1.807) is 0 Å². The van der Waals surface area contributed by atoms with E-state index in [4.69, 9.17) is 16.7 Å². The summed E-state index contributed by atoms with van der Waals surface area (Å²) in [5, 5.41) is 7.71. The predicted octanol–water partition coefficient (Wildman–Crippen LogP) is 2.26. The van der Waals surface area contributed by atoms with E-state index in [-0.39, 0.29) is 10.6 Å². The molecule has 100 valence electrons. The van der Waals surface area contributed by atoms with Crippen LogP contribution < -0.4 is 0 Å². The third kappa shape index (κ3) is 3.96. The standard InChI is InChI=1S/C11H12ClFO4S/c1-7(4-11(14)15)18(16,17)6-8-5-9(12)2-3-10(8)13/h2-3,5,7H,4,6H2,1H3,(H,14,15). The molecule has 0 aliphatic carbocycles. The van der Waals surface area contributed by atoms with E-state index in [0.717, 1.165) is 6.07 Å². The number of carboxylic acids is 1. The molecule has 0 heterocycles. The zero-order chi connectivity index (χ0) is 13.9. The van der Waals surface area contributed by atoms with Crippen LogP contribution in [0.15, 0.2) is 18.2 Å². The number of benzene rings is 1. The van der Waals surface area contributed by atoms with Crippen LogP contribution >= 0.6 is 11.6 Å². The molecule has 7 heteroatoms. The first-order valence-corrected chi connectivity index (χ1v) is 7.19. The maximum atomic E-state index is 13.4. The van der Waals surface area contributed by atoms with Crippen molar-refractivity contribution in [3.63, 3.8) is 0 Å². The summed E-state index contributed by atoms with van der Waals surface area (Å²) in [5.74, 6) is -2.45. The summed E-state index contributed by atoms with van der Waals surface area (Å²) in [6, 6.07) is 3.62. The molecule has 4 nitrogen and oxygen atoms in total. The van der Waals surface area contributed by atoms with Crippen molar-refractivity contribution in [3.05, 3.63) is 34.6 Å². The summed E-state index contributed by atoms with van der Waals surface area (Å²) in [5.41, 5.74) is -0.0558. The fourth-order valence-corrected chi connectivity index (χ4v) is 2.92. The van der Waals surface area contributed by atoms with Gasteiger partial charge in [-0.2, -0.15) is 0 Å².